The van der Waals surface area contributed by atoms with Crippen LogP contribution in [0.15, 0.2) is 9.59 Å². The van der Waals surface area contributed by atoms with Gasteiger partial charge in [0.2, 0.25) is 0 Å². The Kier molecular flexibility index (Phi) is 3.16. The third-order valence-corrected chi connectivity index (χ3v) is 3.47. The molecule has 18 heavy (non-hydrogen) atoms. The van der Waals surface area contributed by atoms with E-state index in [1.54, 1.807) is 11.9 Å². The predicted molar refractivity (Wildman–Crippen MR) is 68.7 cm³/mol. The van der Waals surface area contributed by atoms with Crippen molar-refractivity contribution in [3.63, 3.8) is 0 Å². The molecule has 0 aliphatic heterocycles. The molecule has 0 bridgehead atoms. The van der Waals surface area contributed by atoms with Crippen LogP contribution in [-0.2, 0) is 7.05 Å². The van der Waals surface area contributed by atoms with Gasteiger partial charge in [-0.3, -0.25) is 14.3 Å². The zero-order valence-electron chi connectivity index (χ0n) is 10.5. The molecule has 0 unspecified atom stereocenters. The van der Waals surface area contributed by atoms with Gasteiger partial charge in [0.1, 0.15) is 11.5 Å². The van der Waals surface area contributed by atoms with Crippen molar-refractivity contribution in [1.29, 1.82) is 0 Å². The van der Waals surface area contributed by atoms with E-state index >= 15 is 0 Å². The quantitative estimate of drug-likeness (QED) is 0.632. The van der Waals surface area contributed by atoms with Crippen LogP contribution in [0.5, 0.6) is 0 Å². The number of aromatic nitrogens is 2. The lowest BCUT2D eigenvalue weighted by atomic mass is 9.82. The van der Waals surface area contributed by atoms with Crippen molar-refractivity contribution in [3.8, 4) is 0 Å². The molecule has 0 spiro atoms. The van der Waals surface area contributed by atoms with Gasteiger partial charge in [-0.15, -0.1) is 0 Å². The Morgan fingerprint density at radius 3 is 2.67 bits per heavy atom. The number of aromatic amines is 1. The van der Waals surface area contributed by atoms with Gasteiger partial charge in [-0.2, -0.15) is 0 Å². The van der Waals surface area contributed by atoms with Gasteiger partial charge < -0.3 is 15.7 Å². The van der Waals surface area contributed by atoms with Gasteiger partial charge in [0.05, 0.1) is 6.10 Å². The van der Waals surface area contributed by atoms with Crippen LogP contribution in [-0.4, -0.2) is 34.4 Å². The zero-order chi connectivity index (χ0) is 13.4. The second kappa shape index (κ2) is 4.49. The molecular weight excluding hydrogens is 236 g/mol. The molecule has 7 heteroatoms. The van der Waals surface area contributed by atoms with Crippen LogP contribution in [0.2, 0.25) is 0 Å². The summed E-state index contributed by atoms with van der Waals surface area (Å²) in [6.07, 6.45) is 1.26. The first-order chi connectivity index (χ1) is 8.40. The maximum atomic E-state index is 11.8. The van der Waals surface area contributed by atoms with Gasteiger partial charge in [0, 0.05) is 20.6 Å². The Morgan fingerprint density at radius 2 is 2.11 bits per heavy atom. The fourth-order valence-corrected chi connectivity index (χ4v) is 2.32. The summed E-state index contributed by atoms with van der Waals surface area (Å²) in [5.74, 6) is 0.521. The number of H-pyrrole nitrogens is 1. The van der Waals surface area contributed by atoms with E-state index in [1.807, 2.05) is 0 Å². The summed E-state index contributed by atoms with van der Waals surface area (Å²) in [7, 11) is 3.27. The van der Waals surface area contributed by atoms with Crippen molar-refractivity contribution >= 4 is 11.5 Å². The van der Waals surface area contributed by atoms with Crippen molar-refractivity contribution in [2.45, 2.75) is 18.9 Å². The molecule has 1 aromatic rings. The molecule has 0 radical (unpaired) electrons. The Bertz CT molecular complexity index is 556. The van der Waals surface area contributed by atoms with Crippen molar-refractivity contribution in [2.24, 2.45) is 13.0 Å². The number of hydrogen-bond acceptors (Lipinski definition) is 5. The first-order valence-electron chi connectivity index (χ1n) is 5.88. The molecule has 7 nitrogen and oxygen atoms in total. The topological polar surface area (TPSA) is 104 Å². The lowest BCUT2D eigenvalue weighted by molar-refractivity contribution is 0.0464. The summed E-state index contributed by atoms with van der Waals surface area (Å²) >= 11 is 0. The van der Waals surface area contributed by atoms with E-state index in [0.717, 1.165) is 12.8 Å². The lowest BCUT2D eigenvalue weighted by Crippen LogP contribution is -2.41. The van der Waals surface area contributed by atoms with Crippen molar-refractivity contribution in [3.05, 3.63) is 20.8 Å². The Balaban J connectivity index is 2.25. The highest BCUT2D eigenvalue weighted by molar-refractivity contribution is 5.61. The van der Waals surface area contributed by atoms with E-state index in [0.29, 0.717) is 18.2 Å². The number of nitrogens with one attached hydrogen (secondary N) is 1. The van der Waals surface area contributed by atoms with E-state index in [2.05, 4.69) is 4.98 Å². The van der Waals surface area contributed by atoms with Crippen molar-refractivity contribution in [1.82, 2.24) is 9.55 Å². The Morgan fingerprint density at radius 1 is 1.50 bits per heavy atom. The second-order valence-corrected chi connectivity index (χ2v) is 4.92. The number of nitrogen functional groups attached to an aromatic ring is 1. The third-order valence-electron chi connectivity index (χ3n) is 3.47. The highest BCUT2D eigenvalue weighted by atomic mass is 16.3. The van der Waals surface area contributed by atoms with E-state index < -0.39 is 11.2 Å². The largest absolute Gasteiger partial charge is 0.393 e. The molecular formula is C11H18N4O3. The normalized spacial score (nSPS) is 22.6. The molecule has 1 aliphatic carbocycles. The van der Waals surface area contributed by atoms with Gasteiger partial charge >= 0.3 is 5.69 Å². The van der Waals surface area contributed by atoms with Crippen LogP contribution >= 0.6 is 0 Å². The first-order valence-corrected chi connectivity index (χ1v) is 5.88. The van der Waals surface area contributed by atoms with Crippen LogP contribution in [0.4, 0.5) is 11.5 Å². The number of rotatable bonds is 3. The molecule has 1 heterocycles. The molecule has 0 atom stereocenters. The fourth-order valence-electron chi connectivity index (χ4n) is 2.32. The summed E-state index contributed by atoms with van der Waals surface area (Å²) in [5.41, 5.74) is 5.11. The van der Waals surface area contributed by atoms with Crippen LogP contribution < -0.4 is 21.9 Å². The standard InChI is InChI=1S/C11H18N4O3/c1-14(5-6-3-7(16)4-6)8-9(12)15(2)11(18)13-10(8)17/h6-7,16H,3-5,12H2,1-2H3,(H,13,17,18). The number of hydrogen-bond donors (Lipinski definition) is 3. The molecule has 1 aromatic heterocycles. The van der Waals surface area contributed by atoms with E-state index in [-0.39, 0.29) is 11.9 Å². The summed E-state index contributed by atoms with van der Waals surface area (Å²) in [6, 6.07) is 0. The fraction of sp³-hybridized carbons (Fsp3) is 0.636. The summed E-state index contributed by atoms with van der Waals surface area (Å²) < 4.78 is 1.21. The minimum absolute atomic E-state index is 0.158. The molecule has 2 rings (SSSR count). The molecule has 1 saturated carbocycles. The molecule has 0 saturated heterocycles. The summed E-state index contributed by atoms with van der Waals surface area (Å²) in [6.45, 7) is 0.641. The second-order valence-electron chi connectivity index (χ2n) is 4.92. The third kappa shape index (κ3) is 2.13. The van der Waals surface area contributed by atoms with Gasteiger partial charge in [-0.05, 0) is 18.8 Å². The molecule has 0 amide bonds. The predicted octanol–water partition coefficient (Wildman–Crippen LogP) is -1.14. The van der Waals surface area contributed by atoms with Gasteiger partial charge in [0.15, 0.2) is 0 Å². The highest BCUT2D eigenvalue weighted by Crippen LogP contribution is 2.29. The smallest absolute Gasteiger partial charge is 0.329 e. The number of anilines is 2. The molecule has 100 valence electrons. The lowest BCUT2D eigenvalue weighted by Gasteiger charge is -2.35. The maximum Gasteiger partial charge on any atom is 0.329 e. The average Bonchev–Trinajstić information content (AvgIpc) is 2.24. The number of aliphatic hydroxyl groups excluding tert-OH is 1. The molecule has 4 N–H and O–H groups in total. The van der Waals surface area contributed by atoms with Gasteiger partial charge in [0.25, 0.3) is 5.56 Å². The first kappa shape index (κ1) is 12.7. The van der Waals surface area contributed by atoms with Gasteiger partial charge in [-0.25, -0.2) is 4.79 Å². The van der Waals surface area contributed by atoms with E-state index in [1.165, 1.54) is 11.6 Å². The van der Waals surface area contributed by atoms with E-state index in [4.69, 9.17) is 5.73 Å². The minimum atomic E-state index is -0.520. The van der Waals surface area contributed by atoms with Crippen LogP contribution in [0.1, 0.15) is 12.8 Å². The Labute approximate surface area is 104 Å². The molecule has 1 fully saturated rings. The van der Waals surface area contributed by atoms with Crippen LogP contribution in [0.3, 0.4) is 0 Å². The summed E-state index contributed by atoms with van der Waals surface area (Å²) in [5, 5.41) is 9.23. The number of aliphatic hydroxyl groups is 1. The zero-order valence-corrected chi connectivity index (χ0v) is 10.5. The number of nitrogens with zero attached hydrogens (tertiary/aromatic N) is 2. The van der Waals surface area contributed by atoms with Crippen molar-refractivity contribution < 1.29 is 5.11 Å². The number of nitrogens with two attached hydrogens (primary N) is 1. The summed E-state index contributed by atoms with van der Waals surface area (Å²) in [4.78, 5) is 27.1. The van der Waals surface area contributed by atoms with E-state index in [9.17, 15) is 14.7 Å². The Hall–Kier alpha value is -1.76. The minimum Gasteiger partial charge on any atom is -0.393 e. The van der Waals surface area contributed by atoms with Crippen molar-refractivity contribution in [2.75, 3.05) is 24.2 Å². The molecule has 1 aliphatic rings. The maximum absolute atomic E-state index is 11.8. The van der Waals surface area contributed by atoms with Crippen LogP contribution in [0, 0.1) is 5.92 Å². The monoisotopic (exact) mass is 254 g/mol. The highest BCUT2D eigenvalue weighted by Gasteiger charge is 2.29. The van der Waals surface area contributed by atoms with Crippen LogP contribution in [0.25, 0.3) is 0 Å². The molecule has 0 aromatic carbocycles. The van der Waals surface area contributed by atoms with Gasteiger partial charge in [-0.1, -0.05) is 0 Å². The SMILES string of the molecule is CN(CC1CC(O)C1)c1c(N)n(C)c(=O)[nH]c1=O. The average molecular weight is 254 g/mol.